The summed E-state index contributed by atoms with van der Waals surface area (Å²) >= 11 is 0. The lowest BCUT2D eigenvalue weighted by atomic mass is 10.1. The van der Waals surface area contributed by atoms with Crippen LogP contribution in [0.4, 0.5) is 0 Å². The fourth-order valence-corrected chi connectivity index (χ4v) is 5.07. The summed E-state index contributed by atoms with van der Waals surface area (Å²) in [5, 5.41) is 0. The van der Waals surface area contributed by atoms with E-state index in [1.807, 2.05) is 53.2 Å². The first-order valence-electron chi connectivity index (χ1n) is 12.3. The highest BCUT2D eigenvalue weighted by atomic mass is 16.2. The van der Waals surface area contributed by atoms with Crippen LogP contribution in [0.15, 0.2) is 42.5 Å². The highest BCUT2D eigenvalue weighted by molar-refractivity contribution is 5.97. The molecule has 0 radical (unpaired) electrons. The monoisotopic (exact) mass is 459 g/mol. The molecule has 1 aromatic heterocycles. The van der Waals surface area contributed by atoms with E-state index in [0.29, 0.717) is 6.42 Å². The van der Waals surface area contributed by atoms with Crippen LogP contribution in [-0.2, 0) is 24.8 Å². The first-order valence-corrected chi connectivity index (χ1v) is 12.3. The number of fused-ring (bicyclic) bond motifs is 1. The van der Waals surface area contributed by atoms with Crippen LogP contribution in [0.2, 0.25) is 0 Å². The number of rotatable bonds is 5. The zero-order valence-corrected chi connectivity index (χ0v) is 20.2. The first-order chi connectivity index (χ1) is 16.5. The molecule has 0 unspecified atom stereocenters. The molecule has 0 saturated carbocycles. The zero-order valence-electron chi connectivity index (χ0n) is 20.2. The Morgan fingerprint density at radius 1 is 0.912 bits per heavy atom. The van der Waals surface area contributed by atoms with Gasteiger partial charge in [0.1, 0.15) is 5.82 Å². The van der Waals surface area contributed by atoms with Gasteiger partial charge in [0.05, 0.1) is 24.0 Å². The lowest BCUT2D eigenvalue weighted by Gasteiger charge is -2.34. The summed E-state index contributed by atoms with van der Waals surface area (Å²) in [7, 11) is 2.04. The molecule has 0 spiro atoms. The van der Waals surface area contributed by atoms with Gasteiger partial charge >= 0.3 is 0 Å². The highest BCUT2D eigenvalue weighted by Crippen LogP contribution is 2.21. The van der Waals surface area contributed by atoms with E-state index in [9.17, 15) is 9.59 Å². The van der Waals surface area contributed by atoms with Gasteiger partial charge < -0.3 is 14.4 Å². The third-order valence-corrected chi connectivity index (χ3v) is 7.31. The summed E-state index contributed by atoms with van der Waals surface area (Å²) < 4.78 is 2.12. The van der Waals surface area contributed by atoms with Gasteiger partial charge in [-0.1, -0.05) is 24.3 Å². The number of piperazine rings is 1. The molecule has 3 heterocycles. The van der Waals surface area contributed by atoms with E-state index in [1.54, 1.807) is 0 Å². The van der Waals surface area contributed by atoms with Gasteiger partial charge in [-0.15, -0.1) is 0 Å². The lowest BCUT2D eigenvalue weighted by molar-refractivity contribution is -0.132. The summed E-state index contributed by atoms with van der Waals surface area (Å²) in [6.07, 6.45) is 2.65. The smallest absolute Gasteiger partial charge is 0.253 e. The van der Waals surface area contributed by atoms with Gasteiger partial charge in [-0.25, -0.2) is 4.98 Å². The van der Waals surface area contributed by atoms with Crippen molar-refractivity contribution in [2.75, 3.05) is 39.3 Å². The molecule has 7 nitrogen and oxygen atoms in total. The molecule has 3 aromatic rings. The van der Waals surface area contributed by atoms with Gasteiger partial charge in [0.15, 0.2) is 0 Å². The Hall–Kier alpha value is -3.19. The van der Waals surface area contributed by atoms with Gasteiger partial charge in [-0.2, -0.15) is 0 Å². The SMILES string of the molecule is Cc1ccccc1CC(=O)N1CCN(Cc2nc3cc(C(=O)N4CCCC4)ccc3n2C)CC1. The maximum Gasteiger partial charge on any atom is 0.253 e. The molecule has 2 fully saturated rings. The average Bonchev–Trinajstić information content (AvgIpc) is 3.49. The van der Waals surface area contributed by atoms with Crippen molar-refractivity contribution in [3.8, 4) is 0 Å². The number of carbonyl (C=O) groups is 2. The molecule has 178 valence electrons. The van der Waals surface area contributed by atoms with E-state index < -0.39 is 0 Å². The van der Waals surface area contributed by atoms with Crippen LogP contribution in [0.5, 0.6) is 0 Å². The maximum atomic E-state index is 12.8. The van der Waals surface area contributed by atoms with E-state index in [-0.39, 0.29) is 11.8 Å². The van der Waals surface area contributed by atoms with Crippen molar-refractivity contribution in [3.05, 3.63) is 65.0 Å². The van der Waals surface area contributed by atoms with Crippen LogP contribution >= 0.6 is 0 Å². The molecule has 0 N–H and O–H groups in total. The van der Waals surface area contributed by atoms with Crippen LogP contribution in [-0.4, -0.2) is 75.3 Å². The first kappa shape index (κ1) is 22.6. The van der Waals surface area contributed by atoms with Crippen molar-refractivity contribution in [1.29, 1.82) is 0 Å². The average molecular weight is 460 g/mol. The van der Waals surface area contributed by atoms with Crippen LogP contribution < -0.4 is 0 Å². The lowest BCUT2D eigenvalue weighted by Crippen LogP contribution is -2.49. The Bertz CT molecular complexity index is 1200. The van der Waals surface area contributed by atoms with Crippen molar-refractivity contribution in [2.45, 2.75) is 32.7 Å². The van der Waals surface area contributed by atoms with Crippen LogP contribution in [0.1, 0.15) is 40.2 Å². The minimum Gasteiger partial charge on any atom is -0.340 e. The second kappa shape index (κ2) is 9.58. The van der Waals surface area contributed by atoms with Crippen LogP contribution in [0.25, 0.3) is 11.0 Å². The van der Waals surface area contributed by atoms with E-state index in [1.165, 1.54) is 5.56 Å². The van der Waals surface area contributed by atoms with Gasteiger partial charge in [0.2, 0.25) is 5.91 Å². The van der Waals surface area contributed by atoms with Crippen LogP contribution in [0.3, 0.4) is 0 Å². The Labute approximate surface area is 201 Å². The number of aryl methyl sites for hydroxylation is 2. The Kier molecular flexibility index (Phi) is 6.37. The van der Waals surface area contributed by atoms with E-state index in [0.717, 1.165) is 86.6 Å². The van der Waals surface area contributed by atoms with E-state index in [2.05, 4.69) is 22.5 Å². The van der Waals surface area contributed by atoms with E-state index in [4.69, 9.17) is 4.98 Å². The van der Waals surface area contributed by atoms with Crippen molar-refractivity contribution in [1.82, 2.24) is 24.3 Å². The fraction of sp³-hybridized carbons (Fsp3) is 0.444. The molecule has 5 rings (SSSR count). The number of nitrogens with zero attached hydrogens (tertiary/aromatic N) is 5. The molecule has 2 amide bonds. The number of carbonyl (C=O) groups excluding carboxylic acids is 2. The van der Waals surface area contributed by atoms with E-state index >= 15 is 0 Å². The number of amides is 2. The summed E-state index contributed by atoms with van der Waals surface area (Å²) in [4.78, 5) is 36.7. The van der Waals surface area contributed by atoms with Crippen molar-refractivity contribution in [2.24, 2.45) is 7.05 Å². The quantitative estimate of drug-likeness (QED) is 0.589. The normalized spacial score (nSPS) is 17.0. The fourth-order valence-electron chi connectivity index (χ4n) is 5.07. The highest BCUT2D eigenvalue weighted by Gasteiger charge is 2.24. The predicted molar refractivity (Wildman–Crippen MR) is 133 cm³/mol. The largest absolute Gasteiger partial charge is 0.340 e. The maximum absolute atomic E-state index is 12.8. The standard InChI is InChI=1S/C27H33N5O2/c1-20-7-3-4-8-21(20)18-26(33)31-15-13-30(14-16-31)19-25-28-23-17-22(9-10-24(23)29(25)2)27(34)32-11-5-6-12-32/h3-4,7-10,17H,5-6,11-16,18-19H2,1-2H3. The number of benzene rings is 2. The van der Waals surface area contributed by atoms with Gasteiger partial charge in [-0.3, -0.25) is 14.5 Å². The molecular weight excluding hydrogens is 426 g/mol. The molecule has 2 saturated heterocycles. The summed E-state index contributed by atoms with van der Waals surface area (Å²) in [6.45, 7) is 7.64. The second-order valence-electron chi connectivity index (χ2n) is 9.55. The molecule has 2 aromatic carbocycles. The number of hydrogen-bond donors (Lipinski definition) is 0. The second-order valence-corrected chi connectivity index (χ2v) is 9.55. The topological polar surface area (TPSA) is 61.7 Å². The third-order valence-electron chi connectivity index (χ3n) is 7.31. The third kappa shape index (κ3) is 4.57. The minimum absolute atomic E-state index is 0.109. The Morgan fingerprint density at radius 3 is 2.38 bits per heavy atom. The summed E-state index contributed by atoms with van der Waals surface area (Å²) in [6, 6.07) is 14.0. The molecule has 7 heteroatoms. The molecule has 0 atom stereocenters. The molecule has 2 aliphatic rings. The number of aromatic nitrogens is 2. The van der Waals surface area contributed by atoms with Gasteiger partial charge in [0.25, 0.3) is 5.91 Å². The van der Waals surface area contributed by atoms with Crippen LogP contribution in [0, 0.1) is 6.92 Å². The predicted octanol–water partition coefficient (Wildman–Crippen LogP) is 3.00. The number of likely N-dealkylation sites (tertiary alicyclic amines) is 1. The summed E-state index contributed by atoms with van der Waals surface area (Å²) in [5.74, 6) is 1.30. The van der Waals surface area contributed by atoms with Crippen molar-refractivity contribution >= 4 is 22.8 Å². The molecule has 0 aliphatic carbocycles. The number of hydrogen-bond acceptors (Lipinski definition) is 4. The number of imidazole rings is 1. The van der Waals surface area contributed by atoms with Crippen molar-refractivity contribution < 1.29 is 9.59 Å². The molecule has 34 heavy (non-hydrogen) atoms. The van der Waals surface area contributed by atoms with Crippen molar-refractivity contribution in [3.63, 3.8) is 0 Å². The minimum atomic E-state index is 0.109. The molecular formula is C27H33N5O2. The zero-order chi connectivity index (χ0) is 23.7. The molecule has 2 aliphatic heterocycles. The van der Waals surface area contributed by atoms with Gasteiger partial charge in [0, 0.05) is 51.9 Å². The summed E-state index contributed by atoms with van der Waals surface area (Å²) in [5.41, 5.74) is 4.91. The Balaban J connectivity index is 1.21. The Morgan fingerprint density at radius 2 is 1.65 bits per heavy atom. The molecule has 0 bridgehead atoms. The van der Waals surface area contributed by atoms with Gasteiger partial charge in [-0.05, 0) is 49.1 Å².